The minimum absolute atomic E-state index is 0.597. The Morgan fingerprint density at radius 2 is 2.30 bits per heavy atom. The third kappa shape index (κ3) is 3.84. The zero-order valence-electron chi connectivity index (χ0n) is 12.1. The van der Waals surface area contributed by atoms with Gasteiger partial charge in [0.2, 0.25) is 0 Å². The molecule has 0 bridgehead atoms. The van der Waals surface area contributed by atoms with Gasteiger partial charge in [0, 0.05) is 23.3 Å². The van der Waals surface area contributed by atoms with E-state index in [-0.39, 0.29) is 0 Å². The smallest absolute Gasteiger partial charge is 0.170 e. The molecular formula is C15H22ClN3S. The number of nitrogens with one attached hydrogen (secondary N) is 2. The standard InChI is InChI=1S/C15H22ClN3S/c1-3-19-9-5-6-12(19)10-17-15(20)18-14-8-4-7-13(16)11(14)2/h4,7-8,12H,3,5-6,9-10H2,1-2H3,(H2,17,18,20)/t12-/m1/s1. The summed E-state index contributed by atoms with van der Waals surface area (Å²) in [5.74, 6) is 0. The predicted octanol–water partition coefficient (Wildman–Crippen LogP) is 3.42. The van der Waals surface area contributed by atoms with E-state index in [0.717, 1.165) is 29.4 Å². The van der Waals surface area contributed by atoms with Gasteiger partial charge < -0.3 is 10.6 Å². The summed E-state index contributed by atoms with van der Waals surface area (Å²) in [5, 5.41) is 7.97. The second kappa shape index (κ2) is 7.25. The van der Waals surface area contributed by atoms with Crippen LogP contribution in [0.3, 0.4) is 0 Å². The van der Waals surface area contributed by atoms with Crippen LogP contribution >= 0.6 is 23.8 Å². The second-order valence-electron chi connectivity index (χ2n) is 5.17. The average molecular weight is 312 g/mol. The van der Waals surface area contributed by atoms with E-state index < -0.39 is 0 Å². The zero-order chi connectivity index (χ0) is 14.5. The maximum Gasteiger partial charge on any atom is 0.170 e. The number of thiocarbonyl (C=S) groups is 1. The van der Waals surface area contributed by atoms with Crippen LogP contribution < -0.4 is 10.6 Å². The monoisotopic (exact) mass is 311 g/mol. The summed E-state index contributed by atoms with van der Waals surface area (Å²) in [6, 6.07) is 6.40. The highest BCUT2D eigenvalue weighted by molar-refractivity contribution is 7.80. The fraction of sp³-hybridized carbons (Fsp3) is 0.533. The van der Waals surface area contributed by atoms with Crippen LogP contribution in [-0.2, 0) is 0 Å². The Morgan fingerprint density at radius 3 is 3.05 bits per heavy atom. The van der Waals surface area contributed by atoms with Gasteiger partial charge in [0.25, 0.3) is 0 Å². The Balaban J connectivity index is 1.85. The van der Waals surface area contributed by atoms with Gasteiger partial charge in [0.05, 0.1) is 0 Å². The molecule has 0 aromatic heterocycles. The fourth-order valence-corrected chi connectivity index (χ4v) is 3.03. The van der Waals surface area contributed by atoms with Crippen LogP contribution in [0.2, 0.25) is 5.02 Å². The van der Waals surface area contributed by atoms with E-state index >= 15 is 0 Å². The summed E-state index contributed by atoms with van der Waals surface area (Å²) in [6.07, 6.45) is 2.54. The number of halogens is 1. The summed E-state index contributed by atoms with van der Waals surface area (Å²) in [4.78, 5) is 2.50. The van der Waals surface area contributed by atoms with Crippen molar-refractivity contribution in [3.63, 3.8) is 0 Å². The molecule has 1 aliphatic heterocycles. The molecule has 1 atom stereocenters. The molecule has 0 unspecified atom stereocenters. The minimum Gasteiger partial charge on any atom is -0.361 e. The lowest BCUT2D eigenvalue weighted by atomic mass is 10.2. The van der Waals surface area contributed by atoms with Gasteiger partial charge in [0.15, 0.2) is 5.11 Å². The van der Waals surface area contributed by atoms with Crippen molar-refractivity contribution in [3.05, 3.63) is 28.8 Å². The van der Waals surface area contributed by atoms with E-state index in [1.165, 1.54) is 19.4 Å². The van der Waals surface area contributed by atoms with Crippen molar-refractivity contribution in [2.24, 2.45) is 0 Å². The van der Waals surface area contributed by atoms with Gasteiger partial charge in [-0.2, -0.15) is 0 Å². The first-order valence-corrected chi connectivity index (χ1v) is 7.94. The lowest BCUT2D eigenvalue weighted by molar-refractivity contribution is 0.267. The first-order valence-electron chi connectivity index (χ1n) is 7.15. The third-order valence-electron chi connectivity index (χ3n) is 3.92. The van der Waals surface area contributed by atoms with Crippen molar-refractivity contribution in [2.75, 3.05) is 25.0 Å². The summed E-state index contributed by atoms with van der Waals surface area (Å²) < 4.78 is 0. The van der Waals surface area contributed by atoms with E-state index in [4.69, 9.17) is 23.8 Å². The van der Waals surface area contributed by atoms with Gasteiger partial charge in [-0.1, -0.05) is 24.6 Å². The Labute approximate surface area is 131 Å². The molecular weight excluding hydrogens is 290 g/mol. The number of likely N-dealkylation sites (N-methyl/N-ethyl adjacent to an activating group) is 1. The van der Waals surface area contributed by atoms with Crippen molar-refractivity contribution < 1.29 is 0 Å². The highest BCUT2D eigenvalue weighted by Gasteiger charge is 2.22. The number of rotatable bonds is 4. The Bertz CT molecular complexity index is 478. The van der Waals surface area contributed by atoms with E-state index in [1.807, 2.05) is 25.1 Å². The van der Waals surface area contributed by atoms with Crippen molar-refractivity contribution in [1.82, 2.24) is 10.2 Å². The molecule has 0 saturated carbocycles. The number of hydrogen-bond donors (Lipinski definition) is 2. The van der Waals surface area contributed by atoms with Crippen LogP contribution in [0.15, 0.2) is 18.2 Å². The summed E-state index contributed by atoms with van der Waals surface area (Å²) in [6.45, 7) is 7.42. The third-order valence-corrected chi connectivity index (χ3v) is 4.58. The second-order valence-corrected chi connectivity index (χ2v) is 5.99. The van der Waals surface area contributed by atoms with Crippen LogP contribution in [0, 0.1) is 6.92 Å². The molecule has 1 aromatic carbocycles. The number of benzene rings is 1. The largest absolute Gasteiger partial charge is 0.361 e. The first kappa shape index (κ1) is 15.5. The lowest BCUT2D eigenvalue weighted by Gasteiger charge is -2.23. The molecule has 1 heterocycles. The number of hydrogen-bond acceptors (Lipinski definition) is 2. The zero-order valence-corrected chi connectivity index (χ0v) is 13.7. The maximum absolute atomic E-state index is 6.11. The first-order chi connectivity index (χ1) is 9.61. The van der Waals surface area contributed by atoms with Crippen LogP contribution in [0.5, 0.6) is 0 Å². The highest BCUT2D eigenvalue weighted by atomic mass is 35.5. The number of likely N-dealkylation sites (tertiary alicyclic amines) is 1. The van der Waals surface area contributed by atoms with Gasteiger partial charge in [-0.3, -0.25) is 4.90 Å². The molecule has 2 N–H and O–H groups in total. The van der Waals surface area contributed by atoms with Crippen molar-refractivity contribution >= 4 is 34.6 Å². The van der Waals surface area contributed by atoms with Crippen LogP contribution in [0.4, 0.5) is 5.69 Å². The molecule has 1 fully saturated rings. The molecule has 0 aliphatic carbocycles. The lowest BCUT2D eigenvalue weighted by Crippen LogP contribution is -2.41. The average Bonchev–Trinajstić information content (AvgIpc) is 2.89. The number of nitrogens with zero attached hydrogens (tertiary/aromatic N) is 1. The Hall–Kier alpha value is -0.840. The topological polar surface area (TPSA) is 27.3 Å². The number of anilines is 1. The van der Waals surface area contributed by atoms with Gasteiger partial charge in [-0.25, -0.2) is 0 Å². The molecule has 1 aliphatic rings. The Kier molecular flexibility index (Phi) is 5.64. The maximum atomic E-state index is 6.11. The SMILES string of the molecule is CCN1CCC[C@@H]1CNC(=S)Nc1cccc(Cl)c1C. The molecule has 0 amide bonds. The van der Waals surface area contributed by atoms with Gasteiger partial charge in [-0.05, 0) is 62.8 Å². The molecule has 0 radical (unpaired) electrons. The molecule has 0 spiro atoms. The molecule has 2 rings (SSSR count). The van der Waals surface area contributed by atoms with E-state index in [1.54, 1.807) is 0 Å². The molecule has 3 nitrogen and oxygen atoms in total. The molecule has 5 heteroatoms. The highest BCUT2D eigenvalue weighted by Crippen LogP contribution is 2.22. The van der Waals surface area contributed by atoms with Crippen LogP contribution in [0.25, 0.3) is 0 Å². The summed E-state index contributed by atoms with van der Waals surface area (Å²) in [7, 11) is 0. The van der Waals surface area contributed by atoms with Crippen molar-refractivity contribution in [3.8, 4) is 0 Å². The summed E-state index contributed by atoms with van der Waals surface area (Å²) in [5.41, 5.74) is 1.99. The fourth-order valence-electron chi connectivity index (χ4n) is 2.66. The van der Waals surface area contributed by atoms with Crippen molar-refractivity contribution in [1.29, 1.82) is 0 Å². The Morgan fingerprint density at radius 1 is 1.50 bits per heavy atom. The van der Waals surface area contributed by atoms with Gasteiger partial charge in [-0.15, -0.1) is 0 Å². The minimum atomic E-state index is 0.597. The van der Waals surface area contributed by atoms with Crippen LogP contribution in [0.1, 0.15) is 25.3 Å². The van der Waals surface area contributed by atoms with Crippen LogP contribution in [-0.4, -0.2) is 35.7 Å². The molecule has 1 aromatic rings. The molecule has 110 valence electrons. The van der Waals surface area contributed by atoms with Gasteiger partial charge >= 0.3 is 0 Å². The quantitative estimate of drug-likeness (QED) is 0.833. The summed E-state index contributed by atoms with van der Waals surface area (Å²) >= 11 is 11.5. The van der Waals surface area contributed by atoms with Crippen molar-refractivity contribution in [2.45, 2.75) is 32.7 Å². The van der Waals surface area contributed by atoms with E-state index in [2.05, 4.69) is 22.5 Å². The molecule has 20 heavy (non-hydrogen) atoms. The van der Waals surface area contributed by atoms with E-state index in [9.17, 15) is 0 Å². The van der Waals surface area contributed by atoms with E-state index in [0.29, 0.717) is 11.2 Å². The molecule has 1 saturated heterocycles. The normalized spacial score (nSPS) is 19.1. The predicted molar refractivity (Wildman–Crippen MR) is 90.7 cm³/mol. The van der Waals surface area contributed by atoms with Gasteiger partial charge in [0.1, 0.15) is 0 Å².